The second-order valence-corrected chi connectivity index (χ2v) is 2.44. The molecule has 72 valence electrons. The molecule has 0 fully saturated rings. The molecule has 1 heterocycles. The van der Waals surface area contributed by atoms with Crippen LogP contribution in [0.5, 0.6) is 0 Å². The molecule has 0 bridgehead atoms. The van der Waals surface area contributed by atoms with Crippen LogP contribution in [-0.4, -0.2) is 16.1 Å². The number of rotatable bonds is 2. The summed E-state index contributed by atoms with van der Waals surface area (Å²) in [7, 11) is 0. The van der Waals surface area contributed by atoms with E-state index in [0.717, 1.165) is 12.3 Å². The van der Waals surface area contributed by atoms with E-state index in [1.807, 2.05) is 0 Å². The lowest BCUT2D eigenvalue weighted by atomic mass is 10.2. The fourth-order valence-corrected chi connectivity index (χ4v) is 0.967. The van der Waals surface area contributed by atoms with Gasteiger partial charge in [-0.05, 0) is 6.07 Å². The van der Waals surface area contributed by atoms with Crippen LogP contribution in [0, 0.1) is 0 Å². The summed E-state index contributed by atoms with van der Waals surface area (Å²) in [5.74, 6) is -1.30. The van der Waals surface area contributed by atoms with Crippen LogP contribution in [0.1, 0.15) is 11.3 Å². The molecule has 0 aliphatic rings. The molecule has 0 atom stereocenters. The fraction of sp³-hybridized carbons (Fsp3) is 0.286. The maximum Gasteiger partial charge on any atom is 0.418 e. The molecule has 3 nitrogen and oxygen atoms in total. The van der Waals surface area contributed by atoms with Crippen molar-refractivity contribution in [3.05, 3.63) is 23.5 Å². The van der Waals surface area contributed by atoms with Gasteiger partial charge in [-0.1, -0.05) is 0 Å². The molecule has 0 amide bonds. The lowest BCUT2D eigenvalue weighted by Crippen LogP contribution is -2.10. The zero-order valence-corrected chi connectivity index (χ0v) is 6.35. The summed E-state index contributed by atoms with van der Waals surface area (Å²) in [4.78, 5) is 12.4. The number of aromatic amines is 1. The van der Waals surface area contributed by atoms with Crippen molar-refractivity contribution in [3.8, 4) is 0 Å². The summed E-state index contributed by atoms with van der Waals surface area (Å²) in [6, 6.07) is 0.818. The van der Waals surface area contributed by atoms with E-state index in [2.05, 4.69) is 4.98 Å². The largest absolute Gasteiger partial charge is 0.481 e. The van der Waals surface area contributed by atoms with Gasteiger partial charge in [0.15, 0.2) is 0 Å². The molecule has 2 N–H and O–H groups in total. The Balaban J connectivity index is 2.96. The summed E-state index contributed by atoms with van der Waals surface area (Å²) in [6.45, 7) is 0. The second kappa shape index (κ2) is 3.12. The normalized spacial score (nSPS) is 11.6. The third-order valence-electron chi connectivity index (χ3n) is 1.47. The van der Waals surface area contributed by atoms with Gasteiger partial charge in [-0.15, -0.1) is 0 Å². The summed E-state index contributed by atoms with van der Waals surface area (Å²) >= 11 is 0. The number of nitrogens with one attached hydrogen (secondary N) is 1. The van der Waals surface area contributed by atoms with Crippen LogP contribution in [-0.2, 0) is 17.4 Å². The molecule has 0 saturated carbocycles. The molecule has 1 aromatic heterocycles. The number of carbonyl (C=O) groups is 1. The molecule has 0 radical (unpaired) electrons. The highest BCUT2D eigenvalue weighted by atomic mass is 19.4. The number of aromatic nitrogens is 1. The molecule has 0 spiro atoms. The first-order valence-corrected chi connectivity index (χ1v) is 3.36. The van der Waals surface area contributed by atoms with Crippen molar-refractivity contribution in [2.75, 3.05) is 0 Å². The SMILES string of the molecule is O=C(O)Cc1[nH]ccc1C(F)(F)F. The zero-order valence-electron chi connectivity index (χ0n) is 6.35. The van der Waals surface area contributed by atoms with Crippen molar-refractivity contribution in [2.45, 2.75) is 12.6 Å². The molecule has 1 rings (SSSR count). The van der Waals surface area contributed by atoms with Gasteiger partial charge in [0.1, 0.15) is 0 Å². The third-order valence-corrected chi connectivity index (χ3v) is 1.47. The number of carboxylic acids is 1. The van der Waals surface area contributed by atoms with E-state index in [4.69, 9.17) is 5.11 Å². The summed E-state index contributed by atoms with van der Waals surface area (Å²) < 4.78 is 36.4. The van der Waals surface area contributed by atoms with Gasteiger partial charge < -0.3 is 10.1 Å². The molecule has 13 heavy (non-hydrogen) atoms. The van der Waals surface area contributed by atoms with Crippen molar-refractivity contribution in [3.63, 3.8) is 0 Å². The third kappa shape index (κ3) is 2.24. The van der Waals surface area contributed by atoms with Crippen molar-refractivity contribution in [1.82, 2.24) is 4.98 Å². The first kappa shape index (κ1) is 9.63. The Morgan fingerprint density at radius 1 is 1.54 bits per heavy atom. The second-order valence-electron chi connectivity index (χ2n) is 2.44. The first-order valence-electron chi connectivity index (χ1n) is 3.36. The molecule has 1 aromatic rings. The Morgan fingerprint density at radius 2 is 2.15 bits per heavy atom. The fourth-order valence-electron chi connectivity index (χ4n) is 0.967. The average Bonchev–Trinajstić information content (AvgIpc) is 2.31. The van der Waals surface area contributed by atoms with Crippen LogP contribution >= 0.6 is 0 Å². The number of hydrogen-bond donors (Lipinski definition) is 2. The molecule has 0 aliphatic carbocycles. The summed E-state index contributed by atoms with van der Waals surface area (Å²) in [6.07, 6.45) is -4.08. The molecule has 0 aliphatic heterocycles. The number of H-pyrrole nitrogens is 1. The minimum Gasteiger partial charge on any atom is -0.481 e. The van der Waals surface area contributed by atoms with E-state index in [1.165, 1.54) is 0 Å². The summed E-state index contributed by atoms with van der Waals surface area (Å²) in [5, 5.41) is 8.29. The Labute approximate surface area is 71.2 Å². The number of hydrogen-bond acceptors (Lipinski definition) is 1. The summed E-state index contributed by atoms with van der Waals surface area (Å²) in [5.41, 5.74) is -1.24. The lowest BCUT2D eigenvalue weighted by molar-refractivity contribution is -0.139. The Bertz CT molecular complexity index is 316. The lowest BCUT2D eigenvalue weighted by Gasteiger charge is -2.05. The topological polar surface area (TPSA) is 53.1 Å². The quantitative estimate of drug-likeness (QED) is 0.750. The first-order chi connectivity index (χ1) is 5.91. The van der Waals surface area contributed by atoms with Gasteiger partial charge in [0, 0.05) is 11.9 Å². The number of carboxylic acid groups (broad SMARTS) is 1. The molecule has 0 aromatic carbocycles. The average molecular weight is 193 g/mol. The number of aliphatic carboxylic acids is 1. The standard InChI is InChI=1S/C7H6F3NO2/c8-7(9,10)4-1-2-11-5(4)3-6(12)13/h1-2,11H,3H2,(H,12,13). The molecular formula is C7H6F3NO2. The maximum atomic E-state index is 12.1. The van der Waals surface area contributed by atoms with Crippen LogP contribution in [0.4, 0.5) is 13.2 Å². The van der Waals surface area contributed by atoms with E-state index in [0.29, 0.717) is 0 Å². The number of halogens is 3. The number of alkyl halides is 3. The van der Waals surface area contributed by atoms with Gasteiger partial charge in [0.2, 0.25) is 0 Å². The van der Waals surface area contributed by atoms with Crippen molar-refractivity contribution in [1.29, 1.82) is 0 Å². The van der Waals surface area contributed by atoms with Gasteiger partial charge in [0.25, 0.3) is 0 Å². The van der Waals surface area contributed by atoms with Crippen LogP contribution < -0.4 is 0 Å². The van der Waals surface area contributed by atoms with Crippen molar-refractivity contribution < 1.29 is 23.1 Å². The van der Waals surface area contributed by atoms with Crippen LogP contribution in [0.3, 0.4) is 0 Å². The molecule has 6 heteroatoms. The molecular weight excluding hydrogens is 187 g/mol. The molecule has 0 saturated heterocycles. The van der Waals surface area contributed by atoms with E-state index < -0.39 is 24.1 Å². The Kier molecular flexibility index (Phi) is 2.31. The van der Waals surface area contributed by atoms with Crippen molar-refractivity contribution in [2.24, 2.45) is 0 Å². The maximum absolute atomic E-state index is 12.1. The van der Waals surface area contributed by atoms with Crippen LogP contribution in [0.2, 0.25) is 0 Å². The van der Waals surface area contributed by atoms with Gasteiger partial charge in [-0.2, -0.15) is 13.2 Å². The monoisotopic (exact) mass is 193 g/mol. The van der Waals surface area contributed by atoms with Crippen LogP contribution in [0.25, 0.3) is 0 Å². The predicted octanol–water partition coefficient (Wildman–Crippen LogP) is 1.66. The van der Waals surface area contributed by atoms with Gasteiger partial charge in [-0.25, -0.2) is 0 Å². The predicted molar refractivity (Wildman–Crippen MR) is 37.1 cm³/mol. The minimum atomic E-state index is -4.50. The Hall–Kier alpha value is -1.46. The molecule has 0 unspecified atom stereocenters. The zero-order chi connectivity index (χ0) is 10.1. The van der Waals surface area contributed by atoms with Crippen LogP contribution in [0.15, 0.2) is 12.3 Å². The highest BCUT2D eigenvalue weighted by Crippen LogP contribution is 2.31. The minimum absolute atomic E-state index is 0.319. The van der Waals surface area contributed by atoms with E-state index in [-0.39, 0.29) is 5.69 Å². The van der Waals surface area contributed by atoms with Gasteiger partial charge in [-0.3, -0.25) is 4.79 Å². The van der Waals surface area contributed by atoms with Gasteiger partial charge >= 0.3 is 12.1 Å². The Morgan fingerprint density at radius 3 is 2.62 bits per heavy atom. The van der Waals surface area contributed by atoms with Crippen molar-refractivity contribution >= 4 is 5.97 Å². The van der Waals surface area contributed by atoms with E-state index >= 15 is 0 Å². The smallest absolute Gasteiger partial charge is 0.418 e. The van der Waals surface area contributed by atoms with E-state index in [1.54, 1.807) is 0 Å². The highest BCUT2D eigenvalue weighted by molar-refractivity contribution is 5.70. The highest BCUT2D eigenvalue weighted by Gasteiger charge is 2.34. The van der Waals surface area contributed by atoms with Gasteiger partial charge in [0.05, 0.1) is 12.0 Å². The van der Waals surface area contributed by atoms with E-state index in [9.17, 15) is 18.0 Å².